The van der Waals surface area contributed by atoms with Crippen LogP contribution in [0.2, 0.25) is 5.02 Å². The molecule has 0 heterocycles. The fraction of sp³-hybridized carbons (Fsp3) is 0.208. The van der Waals surface area contributed by atoms with Gasteiger partial charge in [0, 0.05) is 11.6 Å². The van der Waals surface area contributed by atoms with E-state index in [-0.39, 0.29) is 15.4 Å². The van der Waals surface area contributed by atoms with E-state index in [4.69, 9.17) is 11.6 Å². The first-order valence-corrected chi connectivity index (χ1v) is 11.8. The summed E-state index contributed by atoms with van der Waals surface area (Å²) in [6.45, 7) is 1.03. The molecule has 32 heavy (non-hydrogen) atoms. The Morgan fingerprint density at radius 2 is 1.53 bits per heavy atom. The van der Waals surface area contributed by atoms with Crippen molar-refractivity contribution >= 4 is 27.4 Å². The van der Waals surface area contributed by atoms with Gasteiger partial charge in [0.05, 0.1) is 28.6 Å². The van der Waals surface area contributed by atoms with Gasteiger partial charge in [-0.3, -0.25) is 0 Å². The number of aliphatic hydroxyl groups excluding tert-OH is 1. The molecule has 3 aromatic rings. The largest absolute Gasteiger partial charge is 0.465 e. The summed E-state index contributed by atoms with van der Waals surface area (Å²) in [5.41, 5.74) is 2.05. The highest BCUT2D eigenvalue weighted by atomic mass is 35.5. The van der Waals surface area contributed by atoms with Gasteiger partial charge in [0.1, 0.15) is 0 Å². The first kappa shape index (κ1) is 23.9. The van der Waals surface area contributed by atoms with Crippen molar-refractivity contribution in [2.75, 3.05) is 20.2 Å². The van der Waals surface area contributed by atoms with Crippen LogP contribution in [-0.2, 0) is 21.0 Å². The highest BCUT2D eigenvalue weighted by Crippen LogP contribution is 2.22. The summed E-state index contributed by atoms with van der Waals surface area (Å²) in [5, 5.41) is 14.0. The Balaban J connectivity index is 1.55. The zero-order valence-electron chi connectivity index (χ0n) is 17.5. The summed E-state index contributed by atoms with van der Waals surface area (Å²) in [4.78, 5) is 11.8. The molecule has 0 bridgehead atoms. The molecule has 0 aliphatic rings. The van der Waals surface area contributed by atoms with Crippen molar-refractivity contribution in [2.24, 2.45) is 0 Å². The molecule has 6 nitrogen and oxygen atoms in total. The average Bonchev–Trinajstić information content (AvgIpc) is 2.82. The third kappa shape index (κ3) is 5.95. The molecular formula is C24H24ClNO5S. The Bertz CT molecular complexity index is 1140. The van der Waals surface area contributed by atoms with Gasteiger partial charge in [-0.1, -0.05) is 35.9 Å². The highest BCUT2D eigenvalue weighted by molar-refractivity contribution is 7.91. The molecule has 2 N–H and O–H groups in total. The predicted octanol–water partition coefficient (Wildman–Crippen LogP) is 3.83. The standard InChI is InChI=1S/C24H24ClNO5S/c1-31-24(28)19-6-12-22(13-7-19)32(29,30)21-10-2-17(3-11-21)14-15-26-16-23(27)18-4-8-20(25)9-5-18/h2-13,23,26-27H,14-16H2,1H3/t23-/m0/s1. The number of carbonyl (C=O) groups is 1. The monoisotopic (exact) mass is 473 g/mol. The molecule has 0 radical (unpaired) electrons. The first-order chi connectivity index (χ1) is 15.3. The maximum absolute atomic E-state index is 12.8. The SMILES string of the molecule is COC(=O)c1ccc(S(=O)(=O)c2ccc(CCNC[C@H](O)c3ccc(Cl)cc3)cc2)cc1. The van der Waals surface area contributed by atoms with Crippen LogP contribution in [0, 0.1) is 0 Å². The Morgan fingerprint density at radius 1 is 0.969 bits per heavy atom. The summed E-state index contributed by atoms with van der Waals surface area (Å²) in [5.74, 6) is -0.521. The van der Waals surface area contributed by atoms with Crippen molar-refractivity contribution in [3.05, 3.63) is 94.5 Å². The molecule has 0 amide bonds. The minimum Gasteiger partial charge on any atom is -0.465 e. The number of rotatable bonds is 9. The second-order valence-electron chi connectivity index (χ2n) is 7.18. The van der Waals surface area contributed by atoms with Crippen LogP contribution < -0.4 is 5.32 Å². The minimum absolute atomic E-state index is 0.107. The van der Waals surface area contributed by atoms with Gasteiger partial charge in [-0.2, -0.15) is 0 Å². The number of ether oxygens (including phenoxy) is 1. The first-order valence-electron chi connectivity index (χ1n) is 9.98. The quantitative estimate of drug-likeness (QED) is 0.362. The number of methoxy groups -OCH3 is 1. The van der Waals surface area contributed by atoms with Crippen LogP contribution in [0.4, 0.5) is 0 Å². The molecule has 0 unspecified atom stereocenters. The van der Waals surface area contributed by atoms with Crippen LogP contribution in [0.15, 0.2) is 82.6 Å². The summed E-state index contributed by atoms with van der Waals surface area (Å²) in [6.07, 6.45) is 0.0481. The second kappa shape index (κ2) is 10.7. The van der Waals surface area contributed by atoms with E-state index in [0.717, 1.165) is 11.1 Å². The van der Waals surface area contributed by atoms with Gasteiger partial charge in [0.15, 0.2) is 0 Å². The fourth-order valence-electron chi connectivity index (χ4n) is 3.13. The number of nitrogens with one attached hydrogen (secondary N) is 1. The van der Waals surface area contributed by atoms with Crippen LogP contribution in [0.1, 0.15) is 27.6 Å². The third-order valence-electron chi connectivity index (χ3n) is 5.00. The van der Waals surface area contributed by atoms with Crippen molar-refractivity contribution < 1.29 is 23.1 Å². The number of sulfone groups is 1. The Morgan fingerprint density at radius 3 is 2.09 bits per heavy atom. The lowest BCUT2D eigenvalue weighted by Gasteiger charge is -2.12. The minimum atomic E-state index is -3.69. The van der Waals surface area contributed by atoms with E-state index in [2.05, 4.69) is 10.1 Å². The molecular weight excluding hydrogens is 450 g/mol. The van der Waals surface area contributed by atoms with Crippen LogP contribution in [0.5, 0.6) is 0 Å². The number of esters is 1. The topological polar surface area (TPSA) is 92.7 Å². The van der Waals surface area contributed by atoms with E-state index >= 15 is 0 Å². The lowest BCUT2D eigenvalue weighted by molar-refractivity contribution is 0.0600. The van der Waals surface area contributed by atoms with E-state index in [1.54, 1.807) is 48.5 Å². The maximum atomic E-state index is 12.8. The summed E-state index contributed by atoms with van der Waals surface area (Å²) in [6, 6.07) is 19.4. The van der Waals surface area contributed by atoms with Gasteiger partial charge in [0.2, 0.25) is 9.84 Å². The number of aliphatic hydroxyl groups is 1. The number of halogens is 1. The van der Waals surface area contributed by atoms with Crippen molar-refractivity contribution in [1.82, 2.24) is 5.32 Å². The molecule has 0 aliphatic carbocycles. The van der Waals surface area contributed by atoms with E-state index in [9.17, 15) is 18.3 Å². The normalized spacial score (nSPS) is 12.3. The lowest BCUT2D eigenvalue weighted by Crippen LogP contribution is -2.23. The molecule has 0 saturated heterocycles. The third-order valence-corrected chi connectivity index (χ3v) is 7.04. The van der Waals surface area contributed by atoms with Crippen LogP contribution >= 0.6 is 11.6 Å². The number of carbonyl (C=O) groups excluding carboxylic acids is 1. The van der Waals surface area contributed by atoms with Gasteiger partial charge >= 0.3 is 5.97 Å². The van der Waals surface area contributed by atoms with Gasteiger partial charge in [-0.15, -0.1) is 0 Å². The predicted molar refractivity (Wildman–Crippen MR) is 123 cm³/mol. The van der Waals surface area contributed by atoms with Gasteiger partial charge in [0.25, 0.3) is 0 Å². The van der Waals surface area contributed by atoms with E-state index in [0.29, 0.717) is 24.5 Å². The zero-order chi connectivity index (χ0) is 23.1. The molecule has 3 rings (SSSR count). The zero-order valence-corrected chi connectivity index (χ0v) is 19.1. The lowest BCUT2D eigenvalue weighted by atomic mass is 10.1. The summed E-state index contributed by atoms with van der Waals surface area (Å²) in [7, 11) is -2.42. The molecule has 0 spiro atoms. The van der Waals surface area contributed by atoms with Gasteiger partial charge in [-0.25, -0.2) is 13.2 Å². The van der Waals surface area contributed by atoms with E-state index < -0.39 is 21.9 Å². The average molecular weight is 474 g/mol. The Hall–Kier alpha value is -2.71. The van der Waals surface area contributed by atoms with E-state index in [1.165, 1.54) is 31.4 Å². The summed E-state index contributed by atoms with van der Waals surface area (Å²) >= 11 is 5.86. The fourth-order valence-corrected chi connectivity index (χ4v) is 4.52. The van der Waals surface area contributed by atoms with Crippen LogP contribution in [0.25, 0.3) is 0 Å². The molecule has 3 aromatic carbocycles. The number of hydrogen-bond acceptors (Lipinski definition) is 6. The van der Waals surface area contributed by atoms with Crippen molar-refractivity contribution in [3.63, 3.8) is 0 Å². The molecule has 1 atom stereocenters. The molecule has 0 aliphatic heterocycles. The van der Waals surface area contributed by atoms with Gasteiger partial charge < -0.3 is 15.2 Å². The molecule has 168 valence electrons. The summed E-state index contributed by atoms with van der Waals surface area (Å²) < 4.78 is 30.3. The van der Waals surface area contributed by atoms with E-state index in [1.807, 2.05) is 0 Å². The van der Waals surface area contributed by atoms with Crippen LogP contribution in [-0.4, -0.2) is 39.7 Å². The Labute approximate surface area is 192 Å². The molecule has 0 saturated carbocycles. The molecule has 0 aromatic heterocycles. The molecule has 0 fully saturated rings. The molecule has 8 heteroatoms. The van der Waals surface area contributed by atoms with Crippen molar-refractivity contribution in [1.29, 1.82) is 0 Å². The highest BCUT2D eigenvalue weighted by Gasteiger charge is 2.18. The van der Waals surface area contributed by atoms with Crippen LogP contribution in [0.3, 0.4) is 0 Å². The second-order valence-corrected chi connectivity index (χ2v) is 9.57. The number of hydrogen-bond donors (Lipinski definition) is 2. The van der Waals surface area contributed by atoms with Crippen molar-refractivity contribution in [3.8, 4) is 0 Å². The van der Waals surface area contributed by atoms with Gasteiger partial charge in [-0.05, 0) is 72.6 Å². The smallest absolute Gasteiger partial charge is 0.337 e. The maximum Gasteiger partial charge on any atom is 0.337 e. The van der Waals surface area contributed by atoms with Crippen molar-refractivity contribution in [2.45, 2.75) is 22.3 Å². The Kier molecular flexibility index (Phi) is 8.04. The number of benzene rings is 3.